The molecule has 24 heavy (non-hydrogen) atoms. The van der Waals surface area contributed by atoms with E-state index >= 15 is 0 Å². The van der Waals surface area contributed by atoms with Crippen LogP contribution in [0.15, 0.2) is 0 Å². The number of hydrogen-bond acceptors (Lipinski definition) is 11. The lowest BCUT2D eigenvalue weighted by atomic mass is 9.96. The summed E-state index contributed by atoms with van der Waals surface area (Å²) >= 11 is 0. The molecule has 0 spiro atoms. The standard InChI is InChI=1S/C13H25NO10/c1-14-12-9(20)8(19)11(5(3-16)22-12)24-13-10(21)7(18)6(17)4(2-15)23-13/h4-21H,2-3H2,1H3/t4?,5?,6?,7-,8?,9?,10?,11?,12?,13-/m1/s1. The summed E-state index contributed by atoms with van der Waals surface area (Å²) in [6.45, 7) is -1.19. The SMILES string of the molecule is CNC1OC(CO)C(O[C@H]2OC(CO)C(O)[C@@H](O)C2O)C(O)C1O. The van der Waals surface area contributed by atoms with Crippen LogP contribution in [0.25, 0.3) is 0 Å². The molecule has 142 valence electrons. The van der Waals surface area contributed by atoms with E-state index in [1.807, 2.05) is 0 Å². The summed E-state index contributed by atoms with van der Waals surface area (Å²) in [5.41, 5.74) is 0. The zero-order valence-electron chi connectivity index (χ0n) is 13.0. The summed E-state index contributed by atoms with van der Waals surface area (Å²) in [7, 11) is 1.49. The van der Waals surface area contributed by atoms with E-state index in [1.54, 1.807) is 0 Å². The van der Waals surface area contributed by atoms with Gasteiger partial charge in [0.05, 0.1) is 13.2 Å². The molecule has 2 saturated heterocycles. The molecule has 0 saturated carbocycles. The molecule has 2 fully saturated rings. The van der Waals surface area contributed by atoms with Gasteiger partial charge in [-0.05, 0) is 7.05 Å². The van der Waals surface area contributed by atoms with Crippen molar-refractivity contribution in [1.82, 2.24) is 5.32 Å². The zero-order valence-corrected chi connectivity index (χ0v) is 13.0. The van der Waals surface area contributed by atoms with Crippen molar-refractivity contribution in [1.29, 1.82) is 0 Å². The average molecular weight is 355 g/mol. The Hall–Kier alpha value is -0.440. The van der Waals surface area contributed by atoms with Crippen LogP contribution in [0.5, 0.6) is 0 Å². The van der Waals surface area contributed by atoms with Gasteiger partial charge in [-0.2, -0.15) is 0 Å². The lowest BCUT2D eigenvalue weighted by molar-refractivity contribution is -0.343. The van der Waals surface area contributed by atoms with Crippen molar-refractivity contribution in [3.8, 4) is 0 Å². The number of rotatable bonds is 5. The number of aliphatic hydroxyl groups excluding tert-OH is 7. The Morgan fingerprint density at radius 3 is 1.96 bits per heavy atom. The van der Waals surface area contributed by atoms with Crippen LogP contribution in [0, 0.1) is 0 Å². The van der Waals surface area contributed by atoms with E-state index in [4.69, 9.17) is 19.3 Å². The second-order valence-corrected chi connectivity index (χ2v) is 5.85. The monoisotopic (exact) mass is 355 g/mol. The molecule has 2 aliphatic rings. The van der Waals surface area contributed by atoms with Crippen LogP contribution in [0.3, 0.4) is 0 Å². The lowest BCUT2D eigenvalue weighted by Gasteiger charge is -2.46. The molecule has 0 radical (unpaired) electrons. The Morgan fingerprint density at radius 2 is 1.42 bits per heavy atom. The number of likely N-dealkylation sites (N-methyl/N-ethyl adjacent to an activating group) is 1. The van der Waals surface area contributed by atoms with Gasteiger partial charge in [-0.1, -0.05) is 0 Å². The first kappa shape index (κ1) is 19.9. The summed E-state index contributed by atoms with van der Waals surface area (Å²) in [6, 6.07) is 0. The van der Waals surface area contributed by atoms with Crippen molar-refractivity contribution in [3.05, 3.63) is 0 Å². The summed E-state index contributed by atoms with van der Waals surface area (Å²) in [4.78, 5) is 0. The quantitative estimate of drug-likeness (QED) is 0.236. The predicted molar refractivity (Wildman–Crippen MR) is 75.5 cm³/mol. The fourth-order valence-corrected chi connectivity index (χ4v) is 2.83. The van der Waals surface area contributed by atoms with Gasteiger partial charge in [-0.25, -0.2) is 0 Å². The maximum atomic E-state index is 10.2. The summed E-state index contributed by atoms with van der Waals surface area (Å²) in [5, 5.41) is 70.8. The summed E-state index contributed by atoms with van der Waals surface area (Å²) < 4.78 is 15.9. The Balaban J connectivity index is 2.12. The molecule has 10 atom stereocenters. The lowest BCUT2D eigenvalue weighted by Crippen LogP contribution is -2.66. The van der Waals surface area contributed by atoms with E-state index in [2.05, 4.69) is 5.32 Å². The minimum absolute atomic E-state index is 0.552. The summed E-state index contributed by atoms with van der Waals surface area (Å²) in [5.74, 6) is 0. The Bertz CT molecular complexity index is 397. The molecule has 8 unspecified atom stereocenters. The van der Waals surface area contributed by atoms with Crippen molar-refractivity contribution >= 4 is 0 Å². The third-order valence-corrected chi connectivity index (χ3v) is 4.29. The first-order valence-corrected chi connectivity index (χ1v) is 7.61. The van der Waals surface area contributed by atoms with Gasteiger partial charge in [-0.3, -0.25) is 5.32 Å². The highest BCUT2D eigenvalue weighted by Gasteiger charge is 2.50. The first-order valence-electron chi connectivity index (χ1n) is 7.61. The second kappa shape index (κ2) is 8.29. The van der Waals surface area contributed by atoms with Gasteiger partial charge < -0.3 is 50.0 Å². The van der Waals surface area contributed by atoms with Crippen LogP contribution < -0.4 is 5.32 Å². The van der Waals surface area contributed by atoms with Gasteiger partial charge in [0.15, 0.2) is 6.29 Å². The minimum atomic E-state index is -1.67. The van der Waals surface area contributed by atoms with Gasteiger partial charge in [0.2, 0.25) is 0 Å². The fourth-order valence-electron chi connectivity index (χ4n) is 2.83. The van der Waals surface area contributed by atoms with Crippen molar-refractivity contribution < 1.29 is 50.0 Å². The molecule has 0 aromatic carbocycles. The molecular weight excluding hydrogens is 330 g/mol. The molecule has 2 heterocycles. The number of nitrogens with one attached hydrogen (secondary N) is 1. The maximum Gasteiger partial charge on any atom is 0.187 e. The van der Waals surface area contributed by atoms with Crippen LogP contribution >= 0.6 is 0 Å². The van der Waals surface area contributed by atoms with Crippen LogP contribution in [-0.2, 0) is 14.2 Å². The maximum absolute atomic E-state index is 10.2. The van der Waals surface area contributed by atoms with Crippen LogP contribution in [0.2, 0.25) is 0 Å². The topological polar surface area (TPSA) is 181 Å². The minimum Gasteiger partial charge on any atom is -0.394 e. The Kier molecular flexibility index (Phi) is 6.87. The third kappa shape index (κ3) is 3.71. The van der Waals surface area contributed by atoms with Crippen LogP contribution in [0.4, 0.5) is 0 Å². The highest BCUT2D eigenvalue weighted by atomic mass is 16.7. The van der Waals surface area contributed by atoms with Gasteiger partial charge in [0.25, 0.3) is 0 Å². The van der Waals surface area contributed by atoms with Crippen molar-refractivity contribution in [2.45, 2.75) is 61.3 Å². The van der Waals surface area contributed by atoms with E-state index in [0.717, 1.165) is 0 Å². The molecule has 2 aliphatic heterocycles. The Morgan fingerprint density at radius 1 is 0.792 bits per heavy atom. The molecule has 0 aromatic heterocycles. The third-order valence-electron chi connectivity index (χ3n) is 4.29. The Labute approximate surface area is 138 Å². The van der Waals surface area contributed by atoms with Crippen molar-refractivity contribution in [3.63, 3.8) is 0 Å². The molecule has 8 N–H and O–H groups in total. The first-order chi connectivity index (χ1) is 11.3. The van der Waals surface area contributed by atoms with E-state index in [0.29, 0.717) is 0 Å². The molecule has 0 aromatic rings. The van der Waals surface area contributed by atoms with Gasteiger partial charge in [-0.15, -0.1) is 0 Å². The summed E-state index contributed by atoms with van der Waals surface area (Å²) in [6.07, 6.45) is -13.7. The van der Waals surface area contributed by atoms with Gasteiger partial charge in [0.1, 0.15) is 55.1 Å². The van der Waals surface area contributed by atoms with Gasteiger partial charge in [0, 0.05) is 0 Å². The van der Waals surface area contributed by atoms with E-state index in [-0.39, 0.29) is 0 Å². The predicted octanol–water partition coefficient (Wildman–Crippen LogP) is -5.17. The molecule has 11 heteroatoms. The second-order valence-electron chi connectivity index (χ2n) is 5.85. The van der Waals surface area contributed by atoms with Crippen molar-refractivity contribution in [2.75, 3.05) is 20.3 Å². The molecule has 11 nitrogen and oxygen atoms in total. The highest BCUT2D eigenvalue weighted by Crippen LogP contribution is 2.28. The highest BCUT2D eigenvalue weighted by molar-refractivity contribution is 4.94. The fraction of sp³-hybridized carbons (Fsp3) is 1.00. The molecule has 0 amide bonds. The molecule has 0 aliphatic carbocycles. The van der Waals surface area contributed by atoms with E-state index in [9.17, 15) is 30.6 Å². The molecule has 2 rings (SSSR count). The normalized spacial score (nSPS) is 50.0. The smallest absolute Gasteiger partial charge is 0.187 e. The number of aliphatic hydroxyl groups is 7. The number of hydrogen-bond donors (Lipinski definition) is 8. The van der Waals surface area contributed by atoms with Gasteiger partial charge >= 0.3 is 0 Å². The largest absolute Gasteiger partial charge is 0.394 e. The van der Waals surface area contributed by atoms with Crippen molar-refractivity contribution in [2.24, 2.45) is 0 Å². The zero-order chi connectivity index (χ0) is 18.0. The van der Waals surface area contributed by atoms with E-state index < -0.39 is 74.6 Å². The average Bonchev–Trinajstić information content (AvgIpc) is 2.59. The molecular formula is C13H25NO10. The van der Waals surface area contributed by atoms with E-state index in [1.165, 1.54) is 7.05 Å². The van der Waals surface area contributed by atoms with Crippen LogP contribution in [0.1, 0.15) is 0 Å². The van der Waals surface area contributed by atoms with Crippen LogP contribution in [-0.4, -0.2) is 117 Å². The number of ether oxygens (including phenoxy) is 3. The molecule has 0 bridgehead atoms.